The van der Waals surface area contributed by atoms with E-state index in [0.29, 0.717) is 18.7 Å². The molecule has 0 aliphatic rings. The number of aryl methyl sites for hydroxylation is 2. The average molecular weight is 349 g/mol. The van der Waals surface area contributed by atoms with Crippen LogP contribution in [0.5, 0.6) is 0 Å². The minimum atomic E-state index is -0.124. The van der Waals surface area contributed by atoms with E-state index in [1.807, 2.05) is 38.1 Å². The van der Waals surface area contributed by atoms with Gasteiger partial charge < -0.3 is 4.90 Å². The van der Waals surface area contributed by atoms with Crippen LogP contribution >= 0.6 is 0 Å². The third-order valence-corrected chi connectivity index (χ3v) is 4.34. The van der Waals surface area contributed by atoms with Gasteiger partial charge in [0.05, 0.1) is 12.5 Å². The third-order valence-electron chi connectivity index (χ3n) is 4.34. The lowest BCUT2D eigenvalue weighted by Crippen LogP contribution is -2.31. The standard InChI is InChI=1S/C21H23N3O2/c1-16-6-7-19(13-17(16)2)20(25)8-9-21(26)24(12-4-10-22)15-18-5-3-11-23-14-18/h3,5-7,11,13-14H,4,8-9,12,15H2,1-2H3. The molecule has 0 unspecified atom stereocenters. The summed E-state index contributed by atoms with van der Waals surface area (Å²) in [5.74, 6) is -0.163. The fraction of sp³-hybridized carbons (Fsp3) is 0.333. The zero-order valence-corrected chi connectivity index (χ0v) is 15.2. The molecule has 0 aliphatic heterocycles. The number of nitriles is 1. The molecule has 2 rings (SSSR count). The molecule has 0 saturated carbocycles. The van der Waals surface area contributed by atoms with Crippen LogP contribution < -0.4 is 0 Å². The Morgan fingerprint density at radius 1 is 1.15 bits per heavy atom. The van der Waals surface area contributed by atoms with Gasteiger partial charge in [0.1, 0.15) is 0 Å². The average Bonchev–Trinajstić information content (AvgIpc) is 2.65. The molecule has 0 spiro atoms. The van der Waals surface area contributed by atoms with Crippen molar-refractivity contribution in [3.63, 3.8) is 0 Å². The molecule has 26 heavy (non-hydrogen) atoms. The van der Waals surface area contributed by atoms with E-state index < -0.39 is 0 Å². The van der Waals surface area contributed by atoms with Crippen LogP contribution in [-0.4, -0.2) is 28.1 Å². The normalized spacial score (nSPS) is 10.2. The first kappa shape index (κ1) is 19.3. The SMILES string of the molecule is Cc1ccc(C(=O)CCC(=O)N(CCC#N)Cc2cccnc2)cc1C. The highest BCUT2D eigenvalue weighted by Gasteiger charge is 2.16. The first-order chi connectivity index (χ1) is 12.5. The Labute approximate surface area is 154 Å². The van der Waals surface area contributed by atoms with Crippen LogP contribution in [0.1, 0.15) is 46.3 Å². The second-order valence-corrected chi connectivity index (χ2v) is 6.31. The minimum absolute atomic E-state index is 0.0388. The molecule has 1 aromatic carbocycles. The maximum absolute atomic E-state index is 12.6. The van der Waals surface area contributed by atoms with Crippen molar-refractivity contribution in [2.45, 2.75) is 39.7 Å². The number of benzene rings is 1. The number of aromatic nitrogens is 1. The van der Waals surface area contributed by atoms with E-state index >= 15 is 0 Å². The molecular formula is C21H23N3O2. The van der Waals surface area contributed by atoms with E-state index in [-0.39, 0.29) is 31.0 Å². The second-order valence-electron chi connectivity index (χ2n) is 6.31. The number of ketones is 1. The van der Waals surface area contributed by atoms with Crippen molar-refractivity contribution >= 4 is 11.7 Å². The van der Waals surface area contributed by atoms with Crippen LogP contribution in [0.3, 0.4) is 0 Å². The molecule has 1 heterocycles. The summed E-state index contributed by atoms with van der Waals surface area (Å²) in [5, 5.41) is 8.82. The van der Waals surface area contributed by atoms with Crippen LogP contribution in [0.25, 0.3) is 0 Å². The lowest BCUT2D eigenvalue weighted by Gasteiger charge is -2.21. The third kappa shape index (κ3) is 5.52. The molecular weight excluding hydrogens is 326 g/mol. The summed E-state index contributed by atoms with van der Waals surface area (Å²) < 4.78 is 0. The van der Waals surface area contributed by atoms with Crippen molar-refractivity contribution in [2.75, 3.05) is 6.54 Å². The molecule has 2 aromatic rings. The van der Waals surface area contributed by atoms with E-state index in [0.717, 1.165) is 16.7 Å². The molecule has 0 radical (unpaired) electrons. The minimum Gasteiger partial charge on any atom is -0.337 e. The Hall–Kier alpha value is -3.00. The van der Waals surface area contributed by atoms with Crippen molar-refractivity contribution in [3.05, 3.63) is 65.0 Å². The van der Waals surface area contributed by atoms with Gasteiger partial charge in [-0.05, 0) is 42.7 Å². The van der Waals surface area contributed by atoms with Crippen molar-refractivity contribution in [2.24, 2.45) is 0 Å². The maximum atomic E-state index is 12.6. The predicted octanol–water partition coefficient (Wildman–Crippen LogP) is 3.60. The lowest BCUT2D eigenvalue weighted by molar-refractivity contribution is -0.131. The van der Waals surface area contributed by atoms with Crippen LogP contribution in [0.15, 0.2) is 42.7 Å². The molecule has 0 fully saturated rings. The Morgan fingerprint density at radius 3 is 2.62 bits per heavy atom. The van der Waals surface area contributed by atoms with E-state index in [4.69, 9.17) is 5.26 Å². The summed E-state index contributed by atoms with van der Waals surface area (Å²) in [5.41, 5.74) is 3.74. The fourth-order valence-electron chi connectivity index (χ4n) is 2.63. The first-order valence-electron chi connectivity index (χ1n) is 8.65. The molecule has 134 valence electrons. The quantitative estimate of drug-likeness (QED) is 0.683. The number of pyridine rings is 1. The van der Waals surface area contributed by atoms with Crippen LogP contribution in [0, 0.1) is 25.2 Å². The number of nitrogens with zero attached hydrogens (tertiary/aromatic N) is 3. The molecule has 0 bridgehead atoms. The van der Waals surface area contributed by atoms with Crippen molar-refractivity contribution < 1.29 is 9.59 Å². The molecule has 1 aromatic heterocycles. The van der Waals surface area contributed by atoms with Crippen LogP contribution in [0.2, 0.25) is 0 Å². The highest BCUT2D eigenvalue weighted by atomic mass is 16.2. The number of hydrogen-bond acceptors (Lipinski definition) is 4. The smallest absolute Gasteiger partial charge is 0.223 e. The zero-order valence-electron chi connectivity index (χ0n) is 15.2. The summed E-state index contributed by atoms with van der Waals surface area (Å²) in [7, 11) is 0. The van der Waals surface area contributed by atoms with E-state index in [2.05, 4.69) is 11.1 Å². The molecule has 0 atom stereocenters. The van der Waals surface area contributed by atoms with Crippen molar-refractivity contribution in [1.29, 1.82) is 5.26 Å². The van der Waals surface area contributed by atoms with Gasteiger partial charge in [-0.2, -0.15) is 5.26 Å². The van der Waals surface area contributed by atoms with Gasteiger partial charge in [0.2, 0.25) is 5.91 Å². The molecule has 5 nitrogen and oxygen atoms in total. The molecule has 5 heteroatoms. The number of carbonyl (C=O) groups excluding carboxylic acids is 2. The lowest BCUT2D eigenvalue weighted by atomic mass is 10.0. The zero-order chi connectivity index (χ0) is 18.9. The van der Waals surface area contributed by atoms with Crippen molar-refractivity contribution in [3.8, 4) is 6.07 Å². The fourth-order valence-corrected chi connectivity index (χ4v) is 2.63. The Kier molecular flexibility index (Phi) is 7.04. The van der Waals surface area contributed by atoms with E-state index in [1.165, 1.54) is 0 Å². The van der Waals surface area contributed by atoms with Gasteiger partial charge in [-0.3, -0.25) is 14.6 Å². The topological polar surface area (TPSA) is 74.1 Å². The van der Waals surface area contributed by atoms with Gasteiger partial charge in [-0.1, -0.05) is 18.2 Å². The first-order valence-corrected chi connectivity index (χ1v) is 8.65. The maximum Gasteiger partial charge on any atom is 0.223 e. The molecule has 0 N–H and O–H groups in total. The van der Waals surface area contributed by atoms with Crippen LogP contribution in [0.4, 0.5) is 0 Å². The number of Topliss-reactive ketones (excluding diaryl/α,β-unsaturated/α-hetero) is 1. The predicted molar refractivity (Wildman–Crippen MR) is 99.4 cm³/mol. The molecule has 0 aliphatic carbocycles. The Bertz CT molecular complexity index is 810. The summed E-state index contributed by atoms with van der Waals surface area (Å²) in [6, 6.07) is 11.4. The monoisotopic (exact) mass is 349 g/mol. The summed E-state index contributed by atoms with van der Waals surface area (Å²) in [4.78, 5) is 30.6. The van der Waals surface area contributed by atoms with E-state index in [9.17, 15) is 9.59 Å². The largest absolute Gasteiger partial charge is 0.337 e. The van der Waals surface area contributed by atoms with Gasteiger partial charge in [-0.25, -0.2) is 0 Å². The van der Waals surface area contributed by atoms with Gasteiger partial charge in [0, 0.05) is 43.9 Å². The van der Waals surface area contributed by atoms with Gasteiger partial charge in [-0.15, -0.1) is 0 Å². The second kappa shape index (κ2) is 9.47. The van der Waals surface area contributed by atoms with Gasteiger partial charge in [0.25, 0.3) is 0 Å². The Balaban J connectivity index is 1.98. The summed E-state index contributed by atoms with van der Waals surface area (Å²) in [6.45, 7) is 4.71. The van der Waals surface area contributed by atoms with Crippen LogP contribution in [-0.2, 0) is 11.3 Å². The highest BCUT2D eigenvalue weighted by Crippen LogP contribution is 2.14. The molecule has 1 amide bonds. The summed E-state index contributed by atoms with van der Waals surface area (Å²) >= 11 is 0. The summed E-state index contributed by atoms with van der Waals surface area (Å²) in [6.07, 6.45) is 3.94. The molecule has 0 saturated heterocycles. The Morgan fingerprint density at radius 2 is 1.96 bits per heavy atom. The highest BCUT2D eigenvalue weighted by molar-refractivity contribution is 5.98. The number of rotatable bonds is 8. The van der Waals surface area contributed by atoms with Gasteiger partial charge >= 0.3 is 0 Å². The number of hydrogen-bond donors (Lipinski definition) is 0. The van der Waals surface area contributed by atoms with Gasteiger partial charge in [0.15, 0.2) is 5.78 Å². The number of amides is 1. The van der Waals surface area contributed by atoms with Crippen molar-refractivity contribution in [1.82, 2.24) is 9.88 Å². The van der Waals surface area contributed by atoms with E-state index in [1.54, 1.807) is 23.4 Å². The number of carbonyl (C=O) groups is 2.